The Bertz CT molecular complexity index is 288. The largest absolute Gasteiger partial charge is 0.481 e. The Morgan fingerprint density at radius 2 is 1.88 bits per heavy atom. The molecule has 0 aromatic heterocycles. The number of rotatable bonds is 8. The number of carbonyl (C=O) groups is 3. The standard InChI is InChI=1S/C10H18N2O5/c1-2-6(5-11)9(15)12-7(10(16)17)3-4-8(13)14/h6-7H,2-5,11H2,1H3,(H,12,15)(H,13,14)(H,16,17). The Morgan fingerprint density at radius 1 is 1.29 bits per heavy atom. The van der Waals surface area contributed by atoms with E-state index in [0.717, 1.165) is 0 Å². The number of aliphatic carboxylic acids is 2. The fraction of sp³-hybridized carbons (Fsp3) is 0.700. The summed E-state index contributed by atoms with van der Waals surface area (Å²) < 4.78 is 0. The van der Waals surface area contributed by atoms with Gasteiger partial charge in [-0.3, -0.25) is 9.59 Å². The van der Waals surface area contributed by atoms with Gasteiger partial charge in [0.05, 0.1) is 0 Å². The molecule has 1 amide bonds. The molecule has 0 heterocycles. The van der Waals surface area contributed by atoms with E-state index in [1.54, 1.807) is 6.92 Å². The van der Waals surface area contributed by atoms with Crippen molar-refractivity contribution in [3.05, 3.63) is 0 Å². The summed E-state index contributed by atoms with van der Waals surface area (Å²) in [6.07, 6.45) is 0.0572. The lowest BCUT2D eigenvalue weighted by atomic mass is 10.0. The summed E-state index contributed by atoms with van der Waals surface area (Å²) >= 11 is 0. The van der Waals surface area contributed by atoms with Crippen LogP contribution in [0.4, 0.5) is 0 Å². The number of carboxylic acid groups (broad SMARTS) is 2. The predicted octanol–water partition coefficient (Wildman–Crippen LogP) is -0.594. The Hall–Kier alpha value is -1.63. The first-order valence-corrected chi connectivity index (χ1v) is 5.37. The molecule has 0 rings (SSSR count). The summed E-state index contributed by atoms with van der Waals surface area (Å²) in [5.41, 5.74) is 5.36. The molecule has 0 saturated heterocycles. The van der Waals surface area contributed by atoms with Gasteiger partial charge < -0.3 is 21.3 Å². The monoisotopic (exact) mass is 246 g/mol. The zero-order valence-electron chi connectivity index (χ0n) is 9.68. The van der Waals surface area contributed by atoms with E-state index < -0.39 is 29.8 Å². The lowest BCUT2D eigenvalue weighted by Gasteiger charge is -2.17. The van der Waals surface area contributed by atoms with Gasteiger partial charge in [0.2, 0.25) is 5.91 Å². The molecule has 17 heavy (non-hydrogen) atoms. The van der Waals surface area contributed by atoms with Crippen LogP contribution in [0.3, 0.4) is 0 Å². The Labute approximate surface area is 99.0 Å². The maximum absolute atomic E-state index is 11.6. The first-order valence-electron chi connectivity index (χ1n) is 5.37. The summed E-state index contributed by atoms with van der Waals surface area (Å²) in [6.45, 7) is 1.90. The highest BCUT2D eigenvalue weighted by Crippen LogP contribution is 2.04. The first-order chi connectivity index (χ1) is 7.92. The second kappa shape index (κ2) is 7.61. The number of carboxylic acids is 2. The summed E-state index contributed by atoms with van der Waals surface area (Å²) in [4.78, 5) is 32.7. The summed E-state index contributed by atoms with van der Waals surface area (Å²) in [6, 6.07) is -1.18. The van der Waals surface area contributed by atoms with Crippen molar-refractivity contribution in [1.82, 2.24) is 5.32 Å². The van der Waals surface area contributed by atoms with Gasteiger partial charge in [-0.05, 0) is 12.8 Å². The summed E-state index contributed by atoms with van der Waals surface area (Å²) in [5.74, 6) is -3.24. The van der Waals surface area contributed by atoms with Crippen LogP contribution in [0.15, 0.2) is 0 Å². The van der Waals surface area contributed by atoms with Crippen molar-refractivity contribution in [2.75, 3.05) is 6.54 Å². The third kappa shape index (κ3) is 5.86. The van der Waals surface area contributed by atoms with Crippen LogP contribution in [0.1, 0.15) is 26.2 Å². The quantitative estimate of drug-likeness (QED) is 0.452. The molecule has 0 aliphatic heterocycles. The lowest BCUT2D eigenvalue weighted by molar-refractivity contribution is -0.143. The van der Waals surface area contributed by atoms with Gasteiger partial charge in [-0.25, -0.2) is 4.79 Å². The fourth-order valence-electron chi connectivity index (χ4n) is 1.27. The normalized spacial score (nSPS) is 13.8. The lowest BCUT2D eigenvalue weighted by Crippen LogP contribution is -2.45. The number of hydrogen-bond acceptors (Lipinski definition) is 4. The van der Waals surface area contributed by atoms with Crippen molar-refractivity contribution in [3.8, 4) is 0 Å². The Kier molecular flexibility index (Phi) is 6.88. The molecule has 2 unspecified atom stereocenters. The summed E-state index contributed by atoms with van der Waals surface area (Å²) in [5, 5.41) is 19.6. The van der Waals surface area contributed by atoms with Crippen LogP contribution in [0, 0.1) is 5.92 Å². The average Bonchev–Trinajstić information content (AvgIpc) is 2.25. The molecule has 98 valence electrons. The van der Waals surface area contributed by atoms with Crippen LogP contribution >= 0.6 is 0 Å². The number of nitrogens with two attached hydrogens (primary N) is 1. The van der Waals surface area contributed by atoms with Crippen LogP contribution < -0.4 is 11.1 Å². The van der Waals surface area contributed by atoms with Gasteiger partial charge in [-0.1, -0.05) is 6.92 Å². The molecule has 2 atom stereocenters. The average molecular weight is 246 g/mol. The molecule has 0 radical (unpaired) electrons. The van der Waals surface area contributed by atoms with E-state index in [-0.39, 0.29) is 19.4 Å². The van der Waals surface area contributed by atoms with E-state index in [1.807, 2.05) is 0 Å². The number of hydrogen-bond donors (Lipinski definition) is 4. The van der Waals surface area contributed by atoms with E-state index in [9.17, 15) is 14.4 Å². The molecule has 0 aliphatic carbocycles. The van der Waals surface area contributed by atoms with Gasteiger partial charge in [0, 0.05) is 18.9 Å². The maximum Gasteiger partial charge on any atom is 0.326 e. The van der Waals surface area contributed by atoms with E-state index in [0.29, 0.717) is 6.42 Å². The second-order valence-electron chi connectivity index (χ2n) is 3.67. The topological polar surface area (TPSA) is 130 Å². The molecule has 0 spiro atoms. The molecule has 0 aromatic carbocycles. The molecular formula is C10H18N2O5. The minimum Gasteiger partial charge on any atom is -0.481 e. The predicted molar refractivity (Wildman–Crippen MR) is 59.3 cm³/mol. The van der Waals surface area contributed by atoms with E-state index >= 15 is 0 Å². The highest BCUT2D eigenvalue weighted by molar-refractivity contribution is 5.85. The summed E-state index contributed by atoms with van der Waals surface area (Å²) in [7, 11) is 0. The van der Waals surface area contributed by atoms with Gasteiger partial charge in [-0.2, -0.15) is 0 Å². The van der Waals surface area contributed by atoms with Crippen molar-refractivity contribution < 1.29 is 24.6 Å². The van der Waals surface area contributed by atoms with Gasteiger partial charge in [0.15, 0.2) is 0 Å². The SMILES string of the molecule is CCC(CN)C(=O)NC(CCC(=O)O)C(=O)O. The number of carbonyl (C=O) groups excluding carboxylic acids is 1. The van der Waals surface area contributed by atoms with Crippen LogP contribution in [-0.4, -0.2) is 40.6 Å². The molecular weight excluding hydrogens is 228 g/mol. The molecule has 0 aromatic rings. The van der Waals surface area contributed by atoms with Crippen molar-refractivity contribution in [1.29, 1.82) is 0 Å². The Balaban J connectivity index is 4.38. The maximum atomic E-state index is 11.6. The molecule has 0 aliphatic rings. The minimum atomic E-state index is -1.24. The van der Waals surface area contributed by atoms with Crippen molar-refractivity contribution in [2.24, 2.45) is 11.7 Å². The van der Waals surface area contributed by atoms with Crippen molar-refractivity contribution in [3.63, 3.8) is 0 Å². The zero-order valence-corrected chi connectivity index (χ0v) is 9.68. The molecule has 7 heteroatoms. The molecule has 7 nitrogen and oxygen atoms in total. The second-order valence-corrected chi connectivity index (χ2v) is 3.67. The van der Waals surface area contributed by atoms with Gasteiger partial charge in [-0.15, -0.1) is 0 Å². The zero-order chi connectivity index (χ0) is 13.4. The van der Waals surface area contributed by atoms with Gasteiger partial charge >= 0.3 is 11.9 Å². The van der Waals surface area contributed by atoms with Crippen LogP contribution in [0.25, 0.3) is 0 Å². The van der Waals surface area contributed by atoms with E-state index in [2.05, 4.69) is 5.32 Å². The van der Waals surface area contributed by atoms with E-state index in [4.69, 9.17) is 15.9 Å². The van der Waals surface area contributed by atoms with E-state index in [1.165, 1.54) is 0 Å². The van der Waals surface area contributed by atoms with Crippen molar-refractivity contribution >= 4 is 17.8 Å². The third-order valence-corrected chi connectivity index (χ3v) is 2.41. The smallest absolute Gasteiger partial charge is 0.326 e. The molecule has 0 fully saturated rings. The van der Waals surface area contributed by atoms with Crippen molar-refractivity contribution in [2.45, 2.75) is 32.2 Å². The van der Waals surface area contributed by atoms with Crippen LogP contribution in [-0.2, 0) is 14.4 Å². The molecule has 0 saturated carbocycles. The first kappa shape index (κ1) is 15.4. The minimum absolute atomic E-state index is 0.133. The molecule has 5 N–H and O–H groups in total. The third-order valence-electron chi connectivity index (χ3n) is 2.41. The fourth-order valence-corrected chi connectivity index (χ4v) is 1.27. The van der Waals surface area contributed by atoms with Crippen LogP contribution in [0.5, 0.6) is 0 Å². The Morgan fingerprint density at radius 3 is 2.24 bits per heavy atom. The highest BCUT2D eigenvalue weighted by Gasteiger charge is 2.24. The van der Waals surface area contributed by atoms with Gasteiger partial charge in [0.25, 0.3) is 0 Å². The number of amides is 1. The highest BCUT2D eigenvalue weighted by atomic mass is 16.4. The van der Waals surface area contributed by atoms with Gasteiger partial charge in [0.1, 0.15) is 6.04 Å². The number of nitrogens with one attached hydrogen (secondary N) is 1. The van der Waals surface area contributed by atoms with Crippen LogP contribution in [0.2, 0.25) is 0 Å². The molecule has 0 bridgehead atoms.